The van der Waals surface area contributed by atoms with E-state index in [0.29, 0.717) is 17.2 Å². The third-order valence-electron chi connectivity index (χ3n) is 6.63. The van der Waals surface area contributed by atoms with Crippen LogP contribution < -0.4 is 36.1 Å². The number of methoxy groups -OCH3 is 5. The van der Waals surface area contributed by atoms with Gasteiger partial charge in [0.15, 0.2) is 23.0 Å². The Kier molecular flexibility index (Phi) is 9.52. The highest BCUT2D eigenvalue weighted by molar-refractivity contribution is 5.54. The van der Waals surface area contributed by atoms with Crippen molar-refractivity contribution in [3.63, 3.8) is 0 Å². The van der Waals surface area contributed by atoms with E-state index in [2.05, 4.69) is 19.2 Å². The van der Waals surface area contributed by atoms with Gasteiger partial charge in [0.2, 0.25) is 5.75 Å². The van der Waals surface area contributed by atoms with Crippen molar-refractivity contribution in [3.05, 3.63) is 41.0 Å². The molecule has 2 aromatic carbocycles. The summed E-state index contributed by atoms with van der Waals surface area (Å²) in [5, 5.41) is 9.53. The van der Waals surface area contributed by atoms with Gasteiger partial charge in [0.1, 0.15) is 6.04 Å². The number of quaternary nitrogens is 1. The molecule has 1 aliphatic heterocycles. The Morgan fingerprint density at radius 3 is 1.94 bits per heavy atom. The molecular weight excluding hydrogens is 446 g/mol. The molecule has 1 aliphatic rings. The van der Waals surface area contributed by atoms with Crippen molar-refractivity contribution in [2.75, 3.05) is 62.3 Å². The first-order valence-corrected chi connectivity index (χ1v) is 10.9. The van der Waals surface area contributed by atoms with E-state index in [-0.39, 0.29) is 25.1 Å². The molecule has 33 heavy (non-hydrogen) atoms. The second-order valence-corrected chi connectivity index (χ2v) is 8.41. The molecule has 0 bridgehead atoms. The summed E-state index contributed by atoms with van der Waals surface area (Å²) in [4.78, 5) is 0. The second-order valence-electron chi connectivity index (χ2n) is 8.41. The van der Waals surface area contributed by atoms with Crippen LogP contribution in [0.2, 0.25) is 0 Å². The van der Waals surface area contributed by atoms with Gasteiger partial charge in [0, 0.05) is 31.4 Å². The van der Waals surface area contributed by atoms with Crippen LogP contribution in [0.5, 0.6) is 28.7 Å². The molecule has 0 aromatic heterocycles. The normalized spacial score (nSPS) is 19.2. The lowest BCUT2D eigenvalue weighted by molar-refractivity contribution is -0.941. The van der Waals surface area contributed by atoms with Crippen LogP contribution in [-0.4, -0.2) is 71.9 Å². The lowest BCUT2D eigenvalue weighted by Gasteiger charge is -2.46. The predicted molar refractivity (Wildman–Crippen MR) is 123 cm³/mol. The van der Waals surface area contributed by atoms with Gasteiger partial charge in [-0.2, -0.15) is 0 Å². The molecule has 1 heterocycles. The van der Waals surface area contributed by atoms with Crippen molar-refractivity contribution in [1.29, 1.82) is 0 Å². The predicted octanol–water partition coefficient (Wildman–Crippen LogP) is 0.403. The third kappa shape index (κ3) is 5.42. The molecule has 0 unspecified atom stereocenters. The average Bonchev–Trinajstić information content (AvgIpc) is 2.83. The molecule has 2 atom stereocenters. The van der Waals surface area contributed by atoms with E-state index in [4.69, 9.17) is 23.7 Å². The topological polar surface area (TPSA) is 66.4 Å². The van der Waals surface area contributed by atoms with Gasteiger partial charge in [0.05, 0.1) is 55.7 Å². The Morgan fingerprint density at radius 2 is 1.42 bits per heavy atom. The molecule has 0 fully saturated rings. The van der Waals surface area contributed by atoms with Gasteiger partial charge in [-0.15, -0.1) is 0 Å². The number of nitrogens with zero attached hydrogens (tertiary/aromatic N) is 1. The van der Waals surface area contributed by atoms with Gasteiger partial charge in [-0.3, -0.25) is 0 Å². The van der Waals surface area contributed by atoms with E-state index >= 15 is 0 Å². The molecule has 0 saturated heterocycles. The molecule has 7 nitrogen and oxygen atoms in total. The van der Waals surface area contributed by atoms with Gasteiger partial charge in [-0.25, -0.2) is 0 Å². The molecule has 0 saturated carbocycles. The molecule has 184 valence electrons. The zero-order valence-electron chi connectivity index (χ0n) is 20.4. The monoisotopic (exact) mass is 481 g/mol. The maximum absolute atomic E-state index is 9.53. The Labute approximate surface area is 203 Å². The Hall–Kier alpha value is -2.35. The lowest BCUT2D eigenvalue weighted by Crippen LogP contribution is -3.00. The first kappa shape index (κ1) is 26.9. The highest BCUT2D eigenvalue weighted by Gasteiger charge is 2.39. The highest BCUT2D eigenvalue weighted by atomic mass is 35.5. The average molecular weight is 482 g/mol. The molecule has 3 rings (SSSR count). The number of aliphatic hydroxyl groups excluding tert-OH is 1. The summed E-state index contributed by atoms with van der Waals surface area (Å²) in [5.74, 6) is 3.37. The zero-order valence-corrected chi connectivity index (χ0v) is 21.2. The van der Waals surface area contributed by atoms with Gasteiger partial charge >= 0.3 is 0 Å². The SMILES string of the molecule is COc1cc2c(cc1OC)[C@@H](Cc1cc(OC)c(OC)c(OC)c1)[N@@+](C)(CCCO)CC2.[Cl-]. The fourth-order valence-electron chi connectivity index (χ4n) is 4.84. The number of ether oxygens (including phenoxy) is 5. The second kappa shape index (κ2) is 11.7. The highest BCUT2D eigenvalue weighted by Crippen LogP contribution is 2.44. The van der Waals surface area contributed by atoms with E-state index in [0.717, 1.165) is 53.9 Å². The number of halogens is 1. The number of rotatable bonds is 10. The molecule has 8 heteroatoms. The minimum atomic E-state index is 0. The van der Waals surface area contributed by atoms with Crippen LogP contribution in [0.25, 0.3) is 0 Å². The standard InChI is InChI=1S/C25H36NO6.ClH/c1-26(9-7-11-27)10-8-18-15-21(28-2)22(29-3)16-19(18)20(26)12-17-13-23(30-4)25(32-6)24(14-17)31-5;/h13-16,20,27H,7-12H2,1-6H3;1H/q+1;/p-1/t20-,26+;/m1./s1. The van der Waals surface area contributed by atoms with E-state index in [1.807, 2.05) is 12.1 Å². The van der Waals surface area contributed by atoms with Crippen molar-refractivity contribution in [3.8, 4) is 28.7 Å². The van der Waals surface area contributed by atoms with Crippen molar-refractivity contribution in [1.82, 2.24) is 0 Å². The van der Waals surface area contributed by atoms with Crippen LogP contribution in [0.3, 0.4) is 0 Å². The number of likely N-dealkylation sites (N-methyl/N-ethyl adjacent to an activating group) is 1. The Balaban J connectivity index is 0.00000385. The third-order valence-corrected chi connectivity index (χ3v) is 6.63. The molecule has 0 spiro atoms. The smallest absolute Gasteiger partial charge is 0.203 e. The number of benzene rings is 2. The summed E-state index contributed by atoms with van der Waals surface area (Å²) in [7, 11) is 10.5. The lowest BCUT2D eigenvalue weighted by atomic mass is 9.86. The van der Waals surface area contributed by atoms with Crippen LogP contribution in [0.1, 0.15) is 29.2 Å². The molecule has 2 aromatic rings. The maximum atomic E-state index is 9.53. The fourth-order valence-corrected chi connectivity index (χ4v) is 4.84. The first-order chi connectivity index (χ1) is 15.4. The maximum Gasteiger partial charge on any atom is 0.203 e. The number of hydrogen-bond acceptors (Lipinski definition) is 6. The van der Waals surface area contributed by atoms with Crippen LogP contribution in [0, 0.1) is 0 Å². The first-order valence-electron chi connectivity index (χ1n) is 10.9. The largest absolute Gasteiger partial charge is 1.00 e. The van der Waals surface area contributed by atoms with E-state index in [1.54, 1.807) is 35.5 Å². The number of aliphatic hydroxyl groups is 1. The van der Waals surface area contributed by atoms with Gasteiger partial charge < -0.3 is 45.7 Å². The zero-order chi connectivity index (χ0) is 23.3. The van der Waals surface area contributed by atoms with Crippen molar-refractivity contribution < 1.29 is 45.7 Å². The summed E-state index contributed by atoms with van der Waals surface area (Å²) < 4.78 is 28.7. The van der Waals surface area contributed by atoms with Crippen molar-refractivity contribution >= 4 is 0 Å². The fraction of sp³-hybridized carbons (Fsp3) is 0.520. The molecular formula is C25H36ClNO6. The molecule has 0 radical (unpaired) electrons. The van der Waals surface area contributed by atoms with Crippen LogP contribution in [-0.2, 0) is 12.8 Å². The van der Waals surface area contributed by atoms with Crippen molar-refractivity contribution in [2.45, 2.75) is 25.3 Å². The van der Waals surface area contributed by atoms with Crippen LogP contribution in [0.4, 0.5) is 0 Å². The van der Waals surface area contributed by atoms with Crippen LogP contribution in [0.15, 0.2) is 24.3 Å². The van der Waals surface area contributed by atoms with Gasteiger partial charge in [0.25, 0.3) is 0 Å². The minimum Gasteiger partial charge on any atom is -1.00 e. The van der Waals surface area contributed by atoms with E-state index in [9.17, 15) is 5.11 Å². The van der Waals surface area contributed by atoms with Crippen LogP contribution >= 0.6 is 0 Å². The summed E-state index contributed by atoms with van der Waals surface area (Å²) in [6.07, 6.45) is 2.48. The van der Waals surface area contributed by atoms with E-state index in [1.165, 1.54) is 11.1 Å². The molecule has 0 aliphatic carbocycles. The van der Waals surface area contributed by atoms with E-state index < -0.39 is 0 Å². The molecule has 1 N–H and O–H groups in total. The Morgan fingerprint density at radius 1 is 0.848 bits per heavy atom. The minimum absolute atomic E-state index is 0. The quantitative estimate of drug-likeness (QED) is 0.496. The molecule has 0 amide bonds. The summed E-state index contributed by atoms with van der Waals surface area (Å²) >= 11 is 0. The summed E-state index contributed by atoms with van der Waals surface area (Å²) in [5.41, 5.74) is 3.63. The number of fused-ring (bicyclic) bond motifs is 1. The van der Waals surface area contributed by atoms with Gasteiger partial charge in [-0.05, 0) is 35.4 Å². The van der Waals surface area contributed by atoms with Crippen molar-refractivity contribution in [2.24, 2.45) is 0 Å². The summed E-state index contributed by atoms with van der Waals surface area (Å²) in [6.45, 7) is 2.06. The van der Waals surface area contributed by atoms with Gasteiger partial charge in [-0.1, -0.05) is 0 Å². The Bertz CT molecular complexity index is 912. The summed E-state index contributed by atoms with van der Waals surface area (Å²) in [6, 6.07) is 8.43. The number of hydrogen-bond donors (Lipinski definition) is 1.